The second-order valence-corrected chi connectivity index (χ2v) is 5.08. The molecule has 2 nitrogen and oxygen atoms in total. The molecule has 3 heteroatoms. The maximum atomic E-state index is 6.00. The van der Waals surface area contributed by atoms with Gasteiger partial charge >= 0.3 is 0 Å². The molecule has 3 rings (SSSR count). The first-order valence-electron chi connectivity index (χ1n) is 5.96. The number of aromatic nitrogens is 1. The Hall–Kier alpha value is -1.41. The molecule has 2 aromatic rings. The van der Waals surface area contributed by atoms with Gasteiger partial charge in [-0.1, -0.05) is 23.7 Å². The Morgan fingerprint density at radius 1 is 1.12 bits per heavy atom. The van der Waals surface area contributed by atoms with E-state index in [1.807, 2.05) is 41.3 Å². The van der Waals surface area contributed by atoms with E-state index in [0.717, 1.165) is 5.02 Å². The Morgan fingerprint density at radius 2 is 1.88 bits per heavy atom. The van der Waals surface area contributed by atoms with Crippen molar-refractivity contribution in [3.63, 3.8) is 0 Å². The summed E-state index contributed by atoms with van der Waals surface area (Å²) >= 11 is 6.00. The average Bonchev–Trinajstić information content (AvgIpc) is 2.75. The molecule has 0 radical (unpaired) electrons. The van der Waals surface area contributed by atoms with Gasteiger partial charge in [-0.15, -0.1) is 0 Å². The van der Waals surface area contributed by atoms with Crippen molar-refractivity contribution in [3.05, 3.63) is 59.4 Å². The number of nitrogens with zero attached hydrogens (tertiary/aromatic N) is 1. The number of halogens is 1. The van der Waals surface area contributed by atoms with Crippen LogP contribution in [0.1, 0.15) is 24.3 Å². The Kier molecular flexibility index (Phi) is 2.81. The highest BCUT2D eigenvalue weighted by atomic mass is 35.5. The van der Waals surface area contributed by atoms with Crippen molar-refractivity contribution >= 4 is 11.6 Å². The molecule has 1 heterocycles. The van der Waals surface area contributed by atoms with Crippen LogP contribution in [0.5, 0.6) is 0 Å². The standard InChI is InChI=1S/C14H15ClN2/c15-13-5-3-4-11(8-13)12-9-14(10-12)16-17-6-1-2-7-17/h1-8,12,14,16H,9-10H2. The van der Waals surface area contributed by atoms with Gasteiger partial charge in [0.05, 0.1) is 0 Å². The first-order chi connectivity index (χ1) is 8.31. The van der Waals surface area contributed by atoms with Crippen LogP contribution < -0.4 is 5.43 Å². The summed E-state index contributed by atoms with van der Waals surface area (Å²) in [7, 11) is 0. The fourth-order valence-electron chi connectivity index (χ4n) is 2.39. The zero-order valence-electron chi connectivity index (χ0n) is 9.51. The van der Waals surface area contributed by atoms with Gasteiger partial charge in [0.1, 0.15) is 0 Å². The summed E-state index contributed by atoms with van der Waals surface area (Å²) in [5, 5.41) is 0.837. The molecule has 0 unspecified atom stereocenters. The van der Waals surface area contributed by atoms with E-state index in [1.165, 1.54) is 18.4 Å². The lowest BCUT2D eigenvalue weighted by Gasteiger charge is -2.37. The molecule has 0 spiro atoms. The third kappa shape index (κ3) is 2.32. The van der Waals surface area contributed by atoms with E-state index in [2.05, 4.69) is 17.6 Å². The molecule has 17 heavy (non-hydrogen) atoms. The maximum absolute atomic E-state index is 6.00. The Balaban J connectivity index is 1.58. The van der Waals surface area contributed by atoms with Crippen LogP contribution in [0.2, 0.25) is 5.02 Å². The largest absolute Gasteiger partial charge is 0.323 e. The summed E-state index contributed by atoms with van der Waals surface area (Å²) in [6, 6.07) is 12.8. The fraction of sp³-hybridized carbons (Fsp3) is 0.286. The second kappa shape index (κ2) is 4.46. The molecule has 1 saturated carbocycles. The second-order valence-electron chi connectivity index (χ2n) is 4.64. The Morgan fingerprint density at radius 3 is 2.59 bits per heavy atom. The Labute approximate surface area is 106 Å². The SMILES string of the molecule is Clc1cccc(C2CC(Nn3cccc3)C2)c1. The van der Waals surface area contributed by atoms with E-state index in [9.17, 15) is 0 Å². The highest BCUT2D eigenvalue weighted by Gasteiger charge is 2.30. The third-order valence-electron chi connectivity index (χ3n) is 3.39. The fourth-order valence-corrected chi connectivity index (χ4v) is 2.59. The van der Waals surface area contributed by atoms with Gasteiger partial charge in [-0.3, -0.25) is 4.68 Å². The topological polar surface area (TPSA) is 17.0 Å². The van der Waals surface area contributed by atoms with Crippen LogP contribution in [0.4, 0.5) is 0 Å². The molecule has 1 aromatic heterocycles. The molecule has 1 N–H and O–H groups in total. The predicted octanol–water partition coefficient (Wildman–Crippen LogP) is 3.63. The molecule has 0 atom stereocenters. The Bertz CT molecular complexity index is 487. The first kappa shape index (κ1) is 10.7. The van der Waals surface area contributed by atoms with Crippen LogP contribution in [0.3, 0.4) is 0 Å². The van der Waals surface area contributed by atoms with Crippen LogP contribution >= 0.6 is 11.6 Å². The summed E-state index contributed by atoms with van der Waals surface area (Å²) in [5.41, 5.74) is 4.82. The van der Waals surface area contributed by atoms with Gasteiger partial charge in [-0.05, 0) is 48.6 Å². The highest BCUT2D eigenvalue weighted by Crippen LogP contribution is 2.37. The summed E-state index contributed by atoms with van der Waals surface area (Å²) < 4.78 is 2.03. The van der Waals surface area contributed by atoms with Gasteiger partial charge in [0.15, 0.2) is 0 Å². The normalized spacial score (nSPS) is 23.1. The molecule has 1 aliphatic carbocycles. The molecule has 1 aromatic carbocycles. The lowest BCUT2D eigenvalue weighted by molar-refractivity contribution is 0.352. The zero-order valence-corrected chi connectivity index (χ0v) is 10.3. The molecule has 0 aliphatic heterocycles. The molecule has 0 bridgehead atoms. The number of benzene rings is 1. The number of nitrogens with one attached hydrogen (secondary N) is 1. The van der Waals surface area contributed by atoms with Crippen molar-refractivity contribution < 1.29 is 0 Å². The summed E-state index contributed by atoms with van der Waals surface area (Å²) in [4.78, 5) is 0. The van der Waals surface area contributed by atoms with E-state index in [4.69, 9.17) is 11.6 Å². The predicted molar refractivity (Wildman–Crippen MR) is 71.0 cm³/mol. The van der Waals surface area contributed by atoms with Crippen molar-refractivity contribution in [1.82, 2.24) is 4.68 Å². The van der Waals surface area contributed by atoms with Crippen LogP contribution in [-0.4, -0.2) is 10.7 Å². The molecule has 0 amide bonds. The first-order valence-corrected chi connectivity index (χ1v) is 6.34. The van der Waals surface area contributed by atoms with Crippen LogP contribution in [0.25, 0.3) is 0 Å². The van der Waals surface area contributed by atoms with E-state index in [1.54, 1.807) is 0 Å². The van der Waals surface area contributed by atoms with Gasteiger partial charge in [-0.25, -0.2) is 0 Å². The summed E-state index contributed by atoms with van der Waals surface area (Å²) in [6.07, 6.45) is 6.43. The van der Waals surface area contributed by atoms with Gasteiger partial charge in [0.2, 0.25) is 0 Å². The zero-order chi connectivity index (χ0) is 11.7. The van der Waals surface area contributed by atoms with Crippen molar-refractivity contribution in [2.45, 2.75) is 24.8 Å². The minimum absolute atomic E-state index is 0.575. The third-order valence-corrected chi connectivity index (χ3v) is 3.63. The van der Waals surface area contributed by atoms with E-state index in [-0.39, 0.29) is 0 Å². The number of hydrogen-bond acceptors (Lipinski definition) is 1. The van der Waals surface area contributed by atoms with Gasteiger partial charge < -0.3 is 5.43 Å². The summed E-state index contributed by atoms with van der Waals surface area (Å²) in [5.74, 6) is 0.654. The van der Waals surface area contributed by atoms with Crippen molar-refractivity contribution in [2.75, 3.05) is 5.43 Å². The molecule has 0 saturated heterocycles. The highest BCUT2D eigenvalue weighted by molar-refractivity contribution is 6.30. The number of hydrogen-bond donors (Lipinski definition) is 1. The quantitative estimate of drug-likeness (QED) is 0.875. The maximum Gasteiger partial charge on any atom is 0.0436 e. The van der Waals surface area contributed by atoms with Crippen molar-refractivity contribution in [3.8, 4) is 0 Å². The summed E-state index contributed by atoms with van der Waals surface area (Å²) in [6.45, 7) is 0. The molecular weight excluding hydrogens is 232 g/mol. The minimum atomic E-state index is 0.575. The van der Waals surface area contributed by atoms with Crippen molar-refractivity contribution in [2.24, 2.45) is 0 Å². The van der Waals surface area contributed by atoms with Gasteiger partial charge in [0, 0.05) is 23.5 Å². The monoisotopic (exact) mass is 246 g/mol. The van der Waals surface area contributed by atoms with Gasteiger partial charge in [-0.2, -0.15) is 0 Å². The van der Waals surface area contributed by atoms with Gasteiger partial charge in [0.25, 0.3) is 0 Å². The molecule has 88 valence electrons. The molecule has 1 aliphatic rings. The van der Waals surface area contributed by atoms with Crippen LogP contribution in [0, 0.1) is 0 Å². The molecular formula is C14H15ClN2. The van der Waals surface area contributed by atoms with Crippen LogP contribution in [0.15, 0.2) is 48.8 Å². The van der Waals surface area contributed by atoms with Crippen LogP contribution in [-0.2, 0) is 0 Å². The number of rotatable bonds is 3. The molecule has 1 fully saturated rings. The smallest absolute Gasteiger partial charge is 0.0436 e. The van der Waals surface area contributed by atoms with E-state index < -0.39 is 0 Å². The lowest BCUT2D eigenvalue weighted by atomic mass is 9.76. The average molecular weight is 247 g/mol. The van der Waals surface area contributed by atoms with Crippen molar-refractivity contribution in [1.29, 1.82) is 0 Å². The minimum Gasteiger partial charge on any atom is -0.323 e. The van der Waals surface area contributed by atoms with E-state index in [0.29, 0.717) is 12.0 Å². The lowest BCUT2D eigenvalue weighted by Crippen LogP contribution is -2.38. The van der Waals surface area contributed by atoms with E-state index >= 15 is 0 Å².